The molecule has 3 rings (SSSR count). The molecule has 0 saturated carbocycles. The second-order valence-electron chi connectivity index (χ2n) is 6.32. The predicted molar refractivity (Wildman–Crippen MR) is 86.9 cm³/mol. The highest BCUT2D eigenvalue weighted by molar-refractivity contribution is 5.93. The van der Waals surface area contributed by atoms with Gasteiger partial charge in [-0.1, -0.05) is 6.92 Å². The van der Waals surface area contributed by atoms with Crippen LogP contribution in [0.5, 0.6) is 0 Å². The molecule has 1 saturated heterocycles. The van der Waals surface area contributed by atoms with E-state index >= 15 is 0 Å². The minimum absolute atomic E-state index is 0.0371. The highest BCUT2D eigenvalue weighted by atomic mass is 16.2. The van der Waals surface area contributed by atoms with Crippen molar-refractivity contribution in [2.24, 2.45) is 0 Å². The molecule has 23 heavy (non-hydrogen) atoms. The van der Waals surface area contributed by atoms with E-state index in [0.717, 1.165) is 37.3 Å². The molecule has 1 amide bonds. The number of amides is 1. The standard InChI is InChI=1S/C17H23N5O/c1-4-10-21-12-7-14(20-21)15(23)22-11-5-8-17(22,3)16-18-9-6-13(2)19-16/h6-7,9,12H,4-5,8,10-11H2,1-3H3/t17-/m0/s1. The van der Waals surface area contributed by atoms with Crippen LogP contribution in [0, 0.1) is 6.92 Å². The van der Waals surface area contributed by atoms with Gasteiger partial charge in [0, 0.05) is 31.2 Å². The Hall–Kier alpha value is -2.24. The van der Waals surface area contributed by atoms with Crippen molar-refractivity contribution in [2.75, 3.05) is 6.54 Å². The third-order valence-corrected chi connectivity index (χ3v) is 4.48. The number of aromatic nitrogens is 4. The van der Waals surface area contributed by atoms with E-state index in [2.05, 4.69) is 28.9 Å². The Morgan fingerprint density at radius 2 is 2.22 bits per heavy atom. The lowest BCUT2D eigenvalue weighted by atomic mass is 9.97. The minimum atomic E-state index is -0.461. The molecule has 1 fully saturated rings. The summed E-state index contributed by atoms with van der Waals surface area (Å²) >= 11 is 0. The summed E-state index contributed by atoms with van der Waals surface area (Å²) in [5.41, 5.74) is 0.958. The van der Waals surface area contributed by atoms with Crippen LogP contribution in [0.4, 0.5) is 0 Å². The molecule has 122 valence electrons. The molecule has 0 aliphatic carbocycles. The van der Waals surface area contributed by atoms with Crippen LogP contribution in [0.3, 0.4) is 0 Å². The lowest BCUT2D eigenvalue weighted by Gasteiger charge is -2.33. The molecule has 0 radical (unpaired) electrons. The van der Waals surface area contributed by atoms with Gasteiger partial charge >= 0.3 is 0 Å². The average Bonchev–Trinajstić information content (AvgIpc) is 3.15. The monoisotopic (exact) mass is 313 g/mol. The van der Waals surface area contributed by atoms with Gasteiger partial charge in [-0.2, -0.15) is 5.10 Å². The molecular formula is C17H23N5O. The lowest BCUT2D eigenvalue weighted by Crippen LogP contribution is -2.44. The molecule has 1 aliphatic heterocycles. The lowest BCUT2D eigenvalue weighted by molar-refractivity contribution is 0.0596. The van der Waals surface area contributed by atoms with Crippen LogP contribution < -0.4 is 0 Å². The van der Waals surface area contributed by atoms with Crippen molar-refractivity contribution in [3.05, 3.63) is 41.7 Å². The van der Waals surface area contributed by atoms with Gasteiger partial charge in [-0.25, -0.2) is 9.97 Å². The second kappa shape index (κ2) is 6.10. The van der Waals surface area contributed by atoms with Crippen LogP contribution in [-0.2, 0) is 12.1 Å². The van der Waals surface area contributed by atoms with E-state index in [0.29, 0.717) is 12.2 Å². The normalized spacial score (nSPS) is 20.9. The van der Waals surface area contributed by atoms with Gasteiger partial charge in [0.25, 0.3) is 5.91 Å². The molecule has 0 aromatic carbocycles. The molecule has 0 bridgehead atoms. The Morgan fingerprint density at radius 1 is 1.39 bits per heavy atom. The third-order valence-electron chi connectivity index (χ3n) is 4.48. The quantitative estimate of drug-likeness (QED) is 0.870. The molecule has 0 unspecified atom stereocenters. The van der Waals surface area contributed by atoms with Crippen LogP contribution >= 0.6 is 0 Å². The Morgan fingerprint density at radius 3 is 2.96 bits per heavy atom. The first kappa shape index (κ1) is 15.6. The third kappa shape index (κ3) is 2.85. The smallest absolute Gasteiger partial charge is 0.275 e. The number of aryl methyl sites for hydroxylation is 2. The average molecular weight is 313 g/mol. The van der Waals surface area contributed by atoms with Gasteiger partial charge < -0.3 is 4.90 Å². The summed E-state index contributed by atoms with van der Waals surface area (Å²) in [4.78, 5) is 23.8. The van der Waals surface area contributed by atoms with Crippen molar-refractivity contribution in [3.8, 4) is 0 Å². The van der Waals surface area contributed by atoms with Crippen molar-refractivity contribution >= 4 is 5.91 Å². The van der Waals surface area contributed by atoms with Crippen LogP contribution in [0.25, 0.3) is 0 Å². The first-order valence-electron chi connectivity index (χ1n) is 8.20. The van der Waals surface area contributed by atoms with Gasteiger partial charge in [0.05, 0.1) is 0 Å². The molecular weight excluding hydrogens is 290 g/mol. The summed E-state index contributed by atoms with van der Waals surface area (Å²) in [5, 5.41) is 4.41. The van der Waals surface area contributed by atoms with Crippen LogP contribution in [0.1, 0.15) is 55.1 Å². The Balaban J connectivity index is 1.89. The summed E-state index contributed by atoms with van der Waals surface area (Å²) in [6.07, 6.45) is 6.45. The molecule has 0 spiro atoms. The zero-order chi connectivity index (χ0) is 16.4. The van der Waals surface area contributed by atoms with Crippen molar-refractivity contribution in [3.63, 3.8) is 0 Å². The van der Waals surface area contributed by atoms with Gasteiger partial charge in [0.15, 0.2) is 5.82 Å². The maximum Gasteiger partial charge on any atom is 0.275 e. The molecule has 6 nitrogen and oxygen atoms in total. The number of hydrogen-bond donors (Lipinski definition) is 0. The predicted octanol–water partition coefficient (Wildman–Crippen LogP) is 2.54. The molecule has 1 aliphatic rings. The van der Waals surface area contributed by atoms with E-state index in [1.807, 2.05) is 28.8 Å². The SMILES string of the molecule is CCCn1ccc(C(=O)N2CCC[C@@]2(C)c2nccc(C)n2)n1. The number of carbonyl (C=O) groups excluding carboxylic acids is 1. The highest BCUT2D eigenvalue weighted by Crippen LogP contribution is 2.37. The minimum Gasteiger partial charge on any atom is -0.325 e. The summed E-state index contributed by atoms with van der Waals surface area (Å²) in [7, 11) is 0. The van der Waals surface area contributed by atoms with E-state index < -0.39 is 5.54 Å². The van der Waals surface area contributed by atoms with Gasteiger partial charge in [-0.15, -0.1) is 0 Å². The zero-order valence-corrected chi connectivity index (χ0v) is 14.0. The van der Waals surface area contributed by atoms with E-state index in [1.165, 1.54) is 0 Å². The topological polar surface area (TPSA) is 63.9 Å². The molecule has 2 aromatic rings. The van der Waals surface area contributed by atoms with Crippen LogP contribution in [-0.4, -0.2) is 37.1 Å². The van der Waals surface area contributed by atoms with E-state index in [1.54, 1.807) is 12.3 Å². The number of carbonyl (C=O) groups is 1. The fraction of sp³-hybridized carbons (Fsp3) is 0.529. The van der Waals surface area contributed by atoms with Crippen molar-refractivity contribution in [2.45, 2.75) is 52.1 Å². The van der Waals surface area contributed by atoms with Gasteiger partial charge in [0.2, 0.25) is 0 Å². The maximum absolute atomic E-state index is 12.9. The summed E-state index contributed by atoms with van der Waals surface area (Å²) in [6, 6.07) is 3.67. The van der Waals surface area contributed by atoms with E-state index in [-0.39, 0.29) is 5.91 Å². The molecule has 3 heterocycles. The van der Waals surface area contributed by atoms with Crippen LogP contribution in [0.2, 0.25) is 0 Å². The maximum atomic E-state index is 12.9. The van der Waals surface area contributed by atoms with Crippen molar-refractivity contribution in [1.82, 2.24) is 24.6 Å². The van der Waals surface area contributed by atoms with E-state index in [4.69, 9.17) is 0 Å². The second-order valence-corrected chi connectivity index (χ2v) is 6.32. The number of nitrogens with zero attached hydrogens (tertiary/aromatic N) is 5. The fourth-order valence-corrected chi connectivity index (χ4v) is 3.20. The number of likely N-dealkylation sites (tertiary alicyclic amines) is 1. The Labute approximate surface area is 136 Å². The summed E-state index contributed by atoms with van der Waals surface area (Å²) in [6.45, 7) is 7.63. The number of rotatable bonds is 4. The highest BCUT2D eigenvalue weighted by Gasteiger charge is 2.44. The molecule has 6 heteroatoms. The number of hydrogen-bond acceptors (Lipinski definition) is 4. The summed E-state index contributed by atoms with van der Waals surface area (Å²) in [5.74, 6) is 0.682. The summed E-state index contributed by atoms with van der Waals surface area (Å²) < 4.78 is 1.82. The fourth-order valence-electron chi connectivity index (χ4n) is 3.20. The Kier molecular flexibility index (Phi) is 4.15. The Bertz CT molecular complexity index is 711. The largest absolute Gasteiger partial charge is 0.325 e. The van der Waals surface area contributed by atoms with Gasteiger partial charge in [-0.05, 0) is 45.2 Å². The van der Waals surface area contributed by atoms with Gasteiger partial charge in [-0.3, -0.25) is 9.48 Å². The molecule has 0 N–H and O–H groups in total. The first-order chi connectivity index (χ1) is 11.0. The van der Waals surface area contributed by atoms with Crippen molar-refractivity contribution < 1.29 is 4.79 Å². The first-order valence-corrected chi connectivity index (χ1v) is 8.20. The van der Waals surface area contributed by atoms with Crippen LogP contribution in [0.15, 0.2) is 24.5 Å². The molecule has 1 atom stereocenters. The van der Waals surface area contributed by atoms with Crippen molar-refractivity contribution in [1.29, 1.82) is 0 Å². The van der Waals surface area contributed by atoms with Gasteiger partial charge in [0.1, 0.15) is 11.2 Å². The zero-order valence-electron chi connectivity index (χ0n) is 14.0. The van der Waals surface area contributed by atoms with E-state index in [9.17, 15) is 4.79 Å². The molecule has 2 aromatic heterocycles.